The Bertz CT molecular complexity index is 733. The molecule has 106 valence electrons. The van der Waals surface area contributed by atoms with E-state index in [1.807, 2.05) is 6.92 Å². The first-order valence-electron chi connectivity index (χ1n) is 6.23. The lowest BCUT2D eigenvalue weighted by atomic mass is 10.1. The lowest BCUT2D eigenvalue weighted by Crippen LogP contribution is -2.14. The number of hydrogen-bond acceptors (Lipinski definition) is 3. The monoisotopic (exact) mass is 284 g/mol. The van der Waals surface area contributed by atoms with Crippen molar-refractivity contribution >= 4 is 11.6 Å². The molecular weight excluding hydrogens is 271 g/mol. The molecule has 0 aliphatic carbocycles. The first-order valence-corrected chi connectivity index (χ1v) is 6.23. The van der Waals surface area contributed by atoms with Crippen LogP contribution in [-0.4, -0.2) is 22.6 Å². The summed E-state index contributed by atoms with van der Waals surface area (Å²) in [6.07, 6.45) is 3.20. The number of aryl methyl sites for hydroxylation is 1. The Morgan fingerprint density at radius 2 is 2.24 bits per heavy atom. The SMILES string of the molecule is Cc1cnccc1NC(=O)c1ccc(F)cc1C#CCO. The molecule has 0 atom stereocenters. The molecule has 1 amide bonds. The van der Waals surface area contributed by atoms with E-state index < -0.39 is 11.7 Å². The van der Waals surface area contributed by atoms with Gasteiger partial charge in [0.1, 0.15) is 12.4 Å². The van der Waals surface area contributed by atoms with Crippen LogP contribution in [0.5, 0.6) is 0 Å². The minimum atomic E-state index is -0.492. The third-order valence-electron chi connectivity index (χ3n) is 2.80. The largest absolute Gasteiger partial charge is 0.384 e. The van der Waals surface area contributed by atoms with E-state index >= 15 is 0 Å². The Morgan fingerprint density at radius 1 is 1.43 bits per heavy atom. The molecule has 0 aliphatic heterocycles. The number of rotatable bonds is 2. The maximum atomic E-state index is 13.3. The first-order chi connectivity index (χ1) is 10.1. The third kappa shape index (κ3) is 3.65. The van der Waals surface area contributed by atoms with E-state index in [0.29, 0.717) is 5.69 Å². The quantitative estimate of drug-likeness (QED) is 0.830. The molecule has 2 aromatic rings. The molecule has 2 N–H and O–H groups in total. The number of pyridine rings is 1. The number of halogens is 1. The number of aromatic nitrogens is 1. The second kappa shape index (κ2) is 6.64. The number of carbonyl (C=O) groups excluding carboxylic acids is 1. The maximum Gasteiger partial charge on any atom is 0.256 e. The van der Waals surface area contributed by atoms with Gasteiger partial charge in [0.05, 0.1) is 5.56 Å². The van der Waals surface area contributed by atoms with Crippen molar-refractivity contribution in [2.45, 2.75) is 6.92 Å². The summed E-state index contributed by atoms with van der Waals surface area (Å²) in [5.41, 5.74) is 1.91. The van der Waals surface area contributed by atoms with Crippen molar-refractivity contribution in [3.05, 3.63) is 59.2 Å². The Hall–Kier alpha value is -2.71. The number of amides is 1. The molecule has 0 saturated heterocycles. The number of carbonyl (C=O) groups is 1. The molecule has 1 aromatic carbocycles. The lowest BCUT2D eigenvalue weighted by Gasteiger charge is -2.09. The van der Waals surface area contributed by atoms with Crippen LogP contribution in [0.4, 0.5) is 10.1 Å². The van der Waals surface area contributed by atoms with E-state index in [9.17, 15) is 9.18 Å². The Kier molecular flexibility index (Phi) is 4.64. The fraction of sp³-hybridized carbons (Fsp3) is 0.125. The van der Waals surface area contributed by atoms with Crippen LogP contribution in [0.2, 0.25) is 0 Å². The molecule has 21 heavy (non-hydrogen) atoms. The molecule has 5 heteroatoms. The molecule has 2 rings (SSSR count). The Balaban J connectivity index is 2.33. The van der Waals surface area contributed by atoms with E-state index in [0.717, 1.165) is 11.6 Å². The van der Waals surface area contributed by atoms with Crippen LogP contribution >= 0.6 is 0 Å². The number of aliphatic hydroxyl groups excluding tert-OH is 1. The smallest absolute Gasteiger partial charge is 0.256 e. The van der Waals surface area contributed by atoms with Gasteiger partial charge in [0.25, 0.3) is 5.91 Å². The molecule has 4 nitrogen and oxygen atoms in total. The van der Waals surface area contributed by atoms with Crippen molar-refractivity contribution in [2.75, 3.05) is 11.9 Å². The molecule has 0 aliphatic rings. The van der Waals surface area contributed by atoms with Crippen molar-refractivity contribution in [3.8, 4) is 11.8 Å². The van der Waals surface area contributed by atoms with Gasteiger partial charge in [-0.3, -0.25) is 9.78 Å². The number of benzene rings is 1. The predicted octanol–water partition coefficient (Wildman–Crippen LogP) is 2.13. The minimum Gasteiger partial charge on any atom is -0.384 e. The first kappa shape index (κ1) is 14.7. The van der Waals surface area contributed by atoms with Crippen molar-refractivity contribution < 1.29 is 14.3 Å². The van der Waals surface area contributed by atoms with Gasteiger partial charge in [0, 0.05) is 23.6 Å². The zero-order valence-corrected chi connectivity index (χ0v) is 11.4. The molecule has 1 heterocycles. The highest BCUT2D eigenvalue weighted by atomic mass is 19.1. The summed E-state index contributed by atoms with van der Waals surface area (Å²) in [5, 5.41) is 11.5. The predicted molar refractivity (Wildman–Crippen MR) is 77.3 cm³/mol. The summed E-state index contributed by atoms with van der Waals surface area (Å²) in [7, 11) is 0. The summed E-state index contributed by atoms with van der Waals surface area (Å²) in [6, 6.07) is 5.40. The summed E-state index contributed by atoms with van der Waals surface area (Å²) in [5.74, 6) is 4.09. The van der Waals surface area contributed by atoms with Gasteiger partial charge in [-0.1, -0.05) is 11.8 Å². The van der Waals surface area contributed by atoms with E-state index in [1.165, 1.54) is 12.1 Å². The van der Waals surface area contributed by atoms with Crippen LogP contribution in [0, 0.1) is 24.6 Å². The molecule has 1 aromatic heterocycles. The van der Waals surface area contributed by atoms with Crippen LogP contribution in [-0.2, 0) is 0 Å². The summed E-state index contributed by atoms with van der Waals surface area (Å²) in [4.78, 5) is 16.2. The average Bonchev–Trinajstić information content (AvgIpc) is 2.47. The van der Waals surface area contributed by atoms with Gasteiger partial charge in [-0.05, 0) is 36.8 Å². The summed E-state index contributed by atoms with van der Waals surface area (Å²) >= 11 is 0. The zero-order chi connectivity index (χ0) is 15.2. The van der Waals surface area contributed by atoms with Gasteiger partial charge in [-0.25, -0.2) is 4.39 Å². The van der Waals surface area contributed by atoms with Gasteiger partial charge < -0.3 is 10.4 Å². The second-order valence-electron chi connectivity index (χ2n) is 4.29. The van der Waals surface area contributed by atoms with E-state index in [2.05, 4.69) is 22.1 Å². The number of aliphatic hydroxyl groups is 1. The normalized spacial score (nSPS) is 9.67. The molecule has 0 bridgehead atoms. The van der Waals surface area contributed by atoms with Crippen molar-refractivity contribution in [3.63, 3.8) is 0 Å². The van der Waals surface area contributed by atoms with Crippen molar-refractivity contribution in [2.24, 2.45) is 0 Å². The standard InChI is InChI=1S/C16H13FN2O2/c1-11-10-18-7-6-15(11)19-16(21)14-5-4-13(17)9-12(14)3-2-8-20/h4-7,9-10,20H,8H2,1H3,(H,18,19,21). The van der Waals surface area contributed by atoms with Crippen LogP contribution < -0.4 is 5.32 Å². The Labute approximate surface area is 121 Å². The fourth-order valence-corrected chi connectivity index (χ4v) is 1.76. The average molecular weight is 284 g/mol. The van der Waals surface area contributed by atoms with Crippen LogP contribution in [0.25, 0.3) is 0 Å². The fourth-order valence-electron chi connectivity index (χ4n) is 1.76. The topological polar surface area (TPSA) is 62.2 Å². The molecule has 0 spiro atoms. The molecular formula is C16H13FN2O2. The molecule has 0 fully saturated rings. The van der Waals surface area contributed by atoms with Crippen molar-refractivity contribution in [1.29, 1.82) is 0 Å². The molecule has 0 saturated carbocycles. The van der Waals surface area contributed by atoms with E-state index in [4.69, 9.17) is 5.11 Å². The van der Waals surface area contributed by atoms with Gasteiger partial charge in [-0.2, -0.15) is 0 Å². The highest BCUT2D eigenvalue weighted by molar-refractivity contribution is 6.06. The number of anilines is 1. The highest BCUT2D eigenvalue weighted by Gasteiger charge is 2.12. The Morgan fingerprint density at radius 3 is 2.95 bits per heavy atom. The van der Waals surface area contributed by atoms with Crippen LogP contribution in [0.15, 0.2) is 36.7 Å². The van der Waals surface area contributed by atoms with E-state index in [-0.39, 0.29) is 17.7 Å². The molecule has 0 unspecified atom stereocenters. The van der Waals surface area contributed by atoms with Gasteiger partial charge >= 0.3 is 0 Å². The van der Waals surface area contributed by atoms with Crippen LogP contribution in [0.1, 0.15) is 21.5 Å². The molecule has 0 radical (unpaired) electrons. The number of nitrogens with one attached hydrogen (secondary N) is 1. The number of hydrogen-bond donors (Lipinski definition) is 2. The minimum absolute atomic E-state index is 0.230. The lowest BCUT2D eigenvalue weighted by molar-refractivity contribution is 0.102. The van der Waals surface area contributed by atoms with Crippen LogP contribution in [0.3, 0.4) is 0 Å². The van der Waals surface area contributed by atoms with E-state index in [1.54, 1.807) is 18.5 Å². The third-order valence-corrected chi connectivity index (χ3v) is 2.80. The maximum absolute atomic E-state index is 13.3. The number of nitrogens with zero attached hydrogens (tertiary/aromatic N) is 1. The second-order valence-corrected chi connectivity index (χ2v) is 4.29. The summed E-state index contributed by atoms with van der Waals surface area (Å²) < 4.78 is 13.3. The van der Waals surface area contributed by atoms with Gasteiger partial charge in [0.15, 0.2) is 0 Å². The van der Waals surface area contributed by atoms with Gasteiger partial charge in [-0.15, -0.1) is 0 Å². The van der Waals surface area contributed by atoms with Gasteiger partial charge in [0.2, 0.25) is 0 Å². The van der Waals surface area contributed by atoms with Crippen molar-refractivity contribution in [1.82, 2.24) is 4.98 Å². The summed E-state index contributed by atoms with van der Waals surface area (Å²) in [6.45, 7) is 1.46. The zero-order valence-electron chi connectivity index (χ0n) is 11.4. The highest BCUT2D eigenvalue weighted by Crippen LogP contribution is 2.16.